The van der Waals surface area contributed by atoms with Crippen LogP contribution in [0.5, 0.6) is 0 Å². The molecule has 0 spiro atoms. The van der Waals surface area contributed by atoms with Gasteiger partial charge in [-0.25, -0.2) is 4.98 Å². The first-order valence-electron chi connectivity index (χ1n) is 9.43. The summed E-state index contributed by atoms with van der Waals surface area (Å²) in [4.78, 5) is 11.5. The number of likely N-dealkylation sites (tertiary alicyclic amines) is 1. The molecule has 1 aromatic rings. The Kier molecular flexibility index (Phi) is 8.34. The molecule has 5 nitrogen and oxygen atoms in total. The van der Waals surface area contributed by atoms with E-state index >= 15 is 0 Å². The molecule has 27 heavy (non-hydrogen) atoms. The minimum absolute atomic E-state index is 0.475. The van der Waals surface area contributed by atoms with Gasteiger partial charge in [-0.2, -0.15) is 13.2 Å². The molecule has 9 heteroatoms. The number of aliphatic imine (C=N–C) groups is 1. The predicted molar refractivity (Wildman–Crippen MR) is 104 cm³/mol. The summed E-state index contributed by atoms with van der Waals surface area (Å²) in [5.74, 6) is 1.24. The topological polar surface area (TPSA) is 52.6 Å². The van der Waals surface area contributed by atoms with Crippen molar-refractivity contribution in [2.45, 2.75) is 45.7 Å². The number of hydrogen-bond donors (Lipinski definition) is 2. The van der Waals surface area contributed by atoms with Crippen LogP contribution in [0.1, 0.15) is 34.8 Å². The maximum Gasteiger partial charge on any atom is 0.401 e. The summed E-state index contributed by atoms with van der Waals surface area (Å²) in [7, 11) is 1.74. The minimum Gasteiger partial charge on any atom is -0.356 e. The Morgan fingerprint density at radius 1 is 1.22 bits per heavy atom. The maximum atomic E-state index is 12.4. The number of aromatic nitrogens is 1. The zero-order valence-electron chi connectivity index (χ0n) is 16.3. The predicted octanol–water partition coefficient (Wildman–Crippen LogP) is 3.13. The average Bonchev–Trinajstić information content (AvgIpc) is 2.91. The maximum absolute atomic E-state index is 12.4. The van der Waals surface area contributed by atoms with E-state index < -0.39 is 12.7 Å². The fourth-order valence-corrected chi connectivity index (χ4v) is 4.34. The number of nitrogens with zero attached hydrogens (tertiary/aromatic N) is 3. The fraction of sp³-hybridized carbons (Fsp3) is 0.778. The summed E-state index contributed by atoms with van der Waals surface area (Å²) in [6.07, 6.45) is -0.575. The van der Waals surface area contributed by atoms with E-state index in [-0.39, 0.29) is 0 Å². The first-order valence-corrected chi connectivity index (χ1v) is 10.2. The second-order valence-electron chi connectivity index (χ2n) is 7.04. The summed E-state index contributed by atoms with van der Waals surface area (Å²) in [6.45, 7) is 5.90. The SMILES string of the molecule is CN=C(NCCc1sc(C)nc1C)NCCC1CCN(CC(F)(F)F)CC1. The van der Waals surface area contributed by atoms with Crippen molar-refractivity contribution in [1.82, 2.24) is 20.5 Å². The van der Waals surface area contributed by atoms with E-state index in [0.717, 1.165) is 55.4 Å². The molecule has 2 N–H and O–H groups in total. The van der Waals surface area contributed by atoms with E-state index in [4.69, 9.17) is 0 Å². The standard InChI is InChI=1S/C18H30F3N5S/c1-13-16(27-14(2)25-13)5-9-24-17(22-3)23-8-4-15-6-10-26(11-7-15)12-18(19,20)21/h15H,4-12H2,1-3H3,(H2,22,23,24). The molecule has 1 aliphatic heterocycles. The fourth-order valence-electron chi connectivity index (χ4n) is 3.40. The lowest BCUT2D eigenvalue weighted by Gasteiger charge is -2.32. The van der Waals surface area contributed by atoms with Crippen LogP contribution in [0, 0.1) is 19.8 Å². The third kappa shape index (κ3) is 8.04. The van der Waals surface area contributed by atoms with Crippen molar-refractivity contribution >= 4 is 17.3 Å². The van der Waals surface area contributed by atoms with E-state index in [9.17, 15) is 13.2 Å². The van der Waals surface area contributed by atoms with Gasteiger partial charge in [0.2, 0.25) is 0 Å². The monoisotopic (exact) mass is 405 g/mol. The first-order chi connectivity index (χ1) is 12.8. The number of guanidine groups is 1. The van der Waals surface area contributed by atoms with Gasteiger partial charge in [0.1, 0.15) is 0 Å². The van der Waals surface area contributed by atoms with Gasteiger partial charge in [0.05, 0.1) is 17.2 Å². The van der Waals surface area contributed by atoms with Crippen LogP contribution < -0.4 is 10.6 Å². The Morgan fingerprint density at radius 3 is 2.44 bits per heavy atom. The minimum atomic E-state index is -4.09. The van der Waals surface area contributed by atoms with Crippen LogP contribution >= 0.6 is 11.3 Å². The molecule has 2 heterocycles. The summed E-state index contributed by atoms with van der Waals surface area (Å²) in [5, 5.41) is 7.70. The Labute approximate surface area is 163 Å². The van der Waals surface area contributed by atoms with Crippen LogP contribution in [0.4, 0.5) is 13.2 Å². The Hall–Kier alpha value is -1.35. The molecule has 0 atom stereocenters. The highest BCUT2D eigenvalue weighted by Crippen LogP contribution is 2.24. The number of rotatable bonds is 7. The van der Waals surface area contributed by atoms with Crippen molar-refractivity contribution in [1.29, 1.82) is 0 Å². The van der Waals surface area contributed by atoms with E-state index in [1.54, 1.807) is 18.4 Å². The van der Waals surface area contributed by atoms with Crippen molar-refractivity contribution in [3.05, 3.63) is 15.6 Å². The molecule has 0 saturated carbocycles. The molecule has 0 aliphatic carbocycles. The Balaban J connectivity index is 1.60. The summed E-state index contributed by atoms with van der Waals surface area (Å²) in [5.41, 5.74) is 1.10. The van der Waals surface area contributed by atoms with Crippen LogP contribution in [0.15, 0.2) is 4.99 Å². The van der Waals surface area contributed by atoms with Gasteiger partial charge in [-0.15, -0.1) is 11.3 Å². The quantitative estimate of drug-likeness (QED) is 0.541. The van der Waals surface area contributed by atoms with Crippen LogP contribution in [0.25, 0.3) is 0 Å². The van der Waals surface area contributed by atoms with E-state index in [2.05, 4.69) is 20.6 Å². The first kappa shape index (κ1) is 21.9. The Bertz CT molecular complexity index is 607. The second kappa shape index (κ2) is 10.3. The van der Waals surface area contributed by atoms with Crippen molar-refractivity contribution in [3.8, 4) is 0 Å². The van der Waals surface area contributed by atoms with E-state index in [0.29, 0.717) is 19.0 Å². The average molecular weight is 406 g/mol. The lowest BCUT2D eigenvalue weighted by atomic mass is 9.93. The molecule has 0 bridgehead atoms. The van der Waals surface area contributed by atoms with Gasteiger partial charge in [-0.1, -0.05) is 0 Å². The molecule has 1 fully saturated rings. The lowest BCUT2D eigenvalue weighted by molar-refractivity contribution is -0.148. The number of nitrogens with one attached hydrogen (secondary N) is 2. The molecule has 154 valence electrons. The van der Waals surface area contributed by atoms with Crippen LogP contribution in [0.3, 0.4) is 0 Å². The number of thiazole rings is 1. The van der Waals surface area contributed by atoms with Crippen LogP contribution in [0.2, 0.25) is 0 Å². The molecular weight excluding hydrogens is 375 g/mol. The number of alkyl halides is 3. The zero-order valence-corrected chi connectivity index (χ0v) is 17.1. The number of halogens is 3. The molecule has 1 aromatic heterocycles. The number of aryl methyl sites for hydroxylation is 2. The number of hydrogen-bond acceptors (Lipinski definition) is 4. The van der Waals surface area contributed by atoms with Crippen molar-refractivity contribution in [3.63, 3.8) is 0 Å². The van der Waals surface area contributed by atoms with Crippen LogP contribution in [-0.4, -0.2) is 61.8 Å². The highest BCUT2D eigenvalue weighted by atomic mass is 32.1. The van der Waals surface area contributed by atoms with Crippen molar-refractivity contribution < 1.29 is 13.2 Å². The largest absolute Gasteiger partial charge is 0.401 e. The molecule has 0 unspecified atom stereocenters. The van der Waals surface area contributed by atoms with E-state index in [1.807, 2.05) is 13.8 Å². The molecule has 1 aliphatic rings. The third-order valence-electron chi connectivity index (χ3n) is 4.82. The zero-order chi connectivity index (χ0) is 19.9. The van der Waals surface area contributed by atoms with E-state index in [1.165, 1.54) is 9.78 Å². The van der Waals surface area contributed by atoms with Gasteiger partial charge in [-0.05, 0) is 52.1 Å². The highest BCUT2D eigenvalue weighted by Gasteiger charge is 2.32. The molecule has 0 amide bonds. The smallest absolute Gasteiger partial charge is 0.356 e. The summed E-state index contributed by atoms with van der Waals surface area (Å²) >= 11 is 1.73. The lowest BCUT2D eigenvalue weighted by Crippen LogP contribution is -2.42. The summed E-state index contributed by atoms with van der Waals surface area (Å²) < 4.78 is 37.3. The molecule has 2 rings (SSSR count). The van der Waals surface area contributed by atoms with Gasteiger partial charge in [0.25, 0.3) is 0 Å². The van der Waals surface area contributed by atoms with Crippen LogP contribution in [-0.2, 0) is 6.42 Å². The number of piperidine rings is 1. The molecule has 0 radical (unpaired) electrons. The molecular formula is C18H30F3N5S. The van der Waals surface area contributed by atoms with Gasteiger partial charge < -0.3 is 10.6 Å². The Morgan fingerprint density at radius 2 is 1.89 bits per heavy atom. The van der Waals surface area contributed by atoms with Gasteiger partial charge in [0, 0.05) is 31.4 Å². The van der Waals surface area contributed by atoms with Gasteiger partial charge >= 0.3 is 6.18 Å². The van der Waals surface area contributed by atoms with Gasteiger partial charge in [-0.3, -0.25) is 9.89 Å². The molecule has 1 saturated heterocycles. The molecule has 0 aromatic carbocycles. The second-order valence-corrected chi connectivity index (χ2v) is 8.33. The van der Waals surface area contributed by atoms with Gasteiger partial charge in [0.15, 0.2) is 5.96 Å². The summed E-state index contributed by atoms with van der Waals surface area (Å²) in [6, 6.07) is 0. The van der Waals surface area contributed by atoms with Crippen molar-refractivity contribution in [2.75, 3.05) is 39.8 Å². The highest BCUT2D eigenvalue weighted by molar-refractivity contribution is 7.11. The third-order valence-corrected chi connectivity index (χ3v) is 5.96. The van der Waals surface area contributed by atoms with Crippen molar-refractivity contribution in [2.24, 2.45) is 10.9 Å². The normalized spacial score (nSPS) is 17.3.